The van der Waals surface area contributed by atoms with Crippen molar-refractivity contribution in [2.45, 2.75) is 25.2 Å². The quantitative estimate of drug-likeness (QED) is 0.495. The topological polar surface area (TPSA) is 55.5 Å². The number of nitrogens with zero attached hydrogens (tertiary/aromatic N) is 2. The summed E-state index contributed by atoms with van der Waals surface area (Å²) in [6, 6.07) is 0. The number of carbonyl (C=O) groups excluding carboxylic acids is 1. The Balaban J connectivity index is 2.28. The summed E-state index contributed by atoms with van der Waals surface area (Å²) in [5, 5.41) is 3.60. The Hall–Kier alpha value is -1.41. The van der Waals surface area contributed by atoms with Crippen LogP contribution in [0.15, 0.2) is 15.7 Å². The van der Waals surface area contributed by atoms with Crippen molar-refractivity contribution in [3.05, 3.63) is 12.0 Å². The second-order valence-electron chi connectivity index (χ2n) is 2.91. The Kier molecular flexibility index (Phi) is 1.76. The van der Waals surface area contributed by atoms with Gasteiger partial charge in [0.2, 0.25) is 6.08 Å². The molecule has 0 saturated heterocycles. The molecule has 0 aliphatic heterocycles. The molecule has 0 N–H and O–H groups in total. The van der Waals surface area contributed by atoms with Crippen LogP contribution in [0.4, 0.5) is 5.69 Å². The lowest BCUT2D eigenvalue weighted by Gasteiger charge is -2.22. The monoisotopic (exact) mass is 164 g/mol. The van der Waals surface area contributed by atoms with Crippen LogP contribution in [0.2, 0.25) is 0 Å². The maximum absolute atomic E-state index is 9.99. The molecule has 4 nitrogen and oxygen atoms in total. The summed E-state index contributed by atoms with van der Waals surface area (Å²) < 4.78 is 5.00. The smallest absolute Gasteiger partial charge is 0.240 e. The van der Waals surface area contributed by atoms with Crippen LogP contribution >= 0.6 is 0 Å². The molecule has 0 unspecified atom stereocenters. The first-order valence-electron chi connectivity index (χ1n) is 3.94. The molecule has 2 rings (SSSR count). The average Bonchev–Trinajstić information content (AvgIpc) is 2.35. The van der Waals surface area contributed by atoms with Crippen molar-refractivity contribution in [3.8, 4) is 0 Å². The van der Waals surface area contributed by atoms with E-state index >= 15 is 0 Å². The minimum absolute atomic E-state index is 0.416. The average molecular weight is 164 g/mol. The lowest BCUT2D eigenvalue weighted by Crippen LogP contribution is -2.07. The van der Waals surface area contributed by atoms with E-state index in [1.807, 2.05) is 0 Å². The van der Waals surface area contributed by atoms with Crippen molar-refractivity contribution in [1.82, 2.24) is 5.16 Å². The molecular formula is C8H8N2O2. The summed E-state index contributed by atoms with van der Waals surface area (Å²) in [7, 11) is 0. The second kappa shape index (κ2) is 2.91. The molecular weight excluding hydrogens is 156 g/mol. The minimum atomic E-state index is 0.416. The molecule has 12 heavy (non-hydrogen) atoms. The van der Waals surface area contributed by atoms with Crippen molar-refractivity contribution in [2.24, 2.45) is 4.99 Å². The van der Waals surface area contributed by atoms with Crippen molar-refractivity contribution in [3.63, 3.8) is 0 Å². The summed E-state index contributed by atoms with van der Waals surface area (Å²) in [5.74, 6) is 1.16. The molecule has 0 radical (unpaired) electrons. The summed E-state index contributed by atoms with van der Waals surface area (Å²) in [6.45, 7) is 0. The fourth-order valence-electron chi connectivity index (χ4n) is 1.33. The maximum Gasteiger partial charge on any atom is 0.240 e. The van der Waals surface area contributed by atoms with Gasteiger partial charge in [0.05, 0.1) is 6.20 Å². The number of aromatic nitrogens is 1. The first-order valence-corrected chi connectivity index (χ1v) is 3.94. The van der Waals surface area contributed by atoms with Gasteiger partial charge in [-0.15, -0.1) is 0 Å². The third kappa shape index (κ3) is 1.06. The highest BCUT2D eigenvalue weighted by atomic mass is 16.5. The van der Waals surface area contributed by atoms with E-state index in [0.717, 1.165) is 18.6 Å². The Bertz CT molecular complexity index is 322. The van der Waals surface area contributed by atoms with E-state index in [1.165, 1.54) is 18.7 Å². The number of rotatable bonds is 2. The zero-order valence-corrected chi connectivity index (χ0v) is 6.49. The predicted molar refractivity (Wildman–Crippen MR) is 40.9 cm³/mol. The largest absolute Gasteiger partial charge is 0.359 e. The van der Waals surface area contributed by atoms with Crippen molar-refractivity contribution >= 4 is 11.8 Å². The van der Waals surface area contributed by atoms with Gasteiger partial charge in [-0.25, -0.2) is 4.79 Å². The van der Waals surface area contributed by atoms with E-state index in [4.69, 9.17) is 4.52 Å². The van der Waals surface area contributed by atoms with Gasteiger partial charge >= 0.3 is 0 Å². The molecule has 1 aliphatic carbocycles. The fraction of sp³-hybridized carbons (Fsp3) is 0.500. The summed E-state index contributed by atoms with van der Waals surface area (Å²) in [5.41, 5.74) is 0.537. The summed E-state index contributed by atoms with van der Waals surface area (Å²) in [4.78, 5) is 13.5. The molecule has 0 atom stereocenters. The molecule has 1 fully saturated rings. The Labute approximate surface area is 69.3 Å². The molecule has 1 aliphatic rings. The van der Waals surface area contributed by atoms with E-state index in [0.29, 0.717) is 11.6 Å². The van der Waals surface area contributed by atoms with Gasteiger partial charge in [0.15, 0.2) is 5.76 Å². The Morgan fingerprint density at radius 2 is 2.50 bits per heavy atom. The van der Waals surface area contributed by atoms with Gasteiger partial charge in [0.25, 0.3) is 0 Å². The van der Waals surface area contributed by atoms with Crippen LogP contribution in [0.5, 0.6) is 0 Å². The highest BCUT2D eigenvalue weighted by Crippen LogP contribution is 2.40. The number of hydrogen-bond donors (Lipinski definition) is 0. The van der Waals surface area contributed by atoms with Crippen LogP contribution in [-0.4, -0.2) is 11.2 Å². The number of aliphatic imine (C=N–C) groups is 1. The third-order valence-electron chi connectivity index (χ3n) is 2.22. The van der Waals surface area contributed by atoms with Crippen molar-refractivity contribution in [2.75, 3.05) is 0 Å². The maximum atomic E-state index is 9.99. The molecule has 1 aromatic heterocycles. The molecule has 1 aromatic rings. The molecule has 62 valence electrons. The third-order valence-corrected chi connectivity index (χ3v) is 2.22. The van der Waals surface area contributed by atoms with Crippen molar-refractivity contribution < 1.29 is 9.32 Å². The Morgan fingerprint density at radius 1 is 1.67 bits per heavy atom. The normalized spacial score (nSPS) is 16.7. The van der Waals surface area contributed by atoms with Crippen LogP contribution in [0.1, 0.15) is 30.9 Å². The highest BCUT2D eigenvalue weighted by Gasteiger charge is 2.26. The van der Waals surface area contributed by atoms with Gasteiger partial charge < -0.3 is 4.52 Å². The molecule has 0 spiro atoms. The van der Waals surface area contributed by atoms with Gasteiger partial charge in [0.1, 0.15) is 5.69 Å². The van der Waals surface area contributed by atoms with Gasteiger partial charge in [-0.1, -0.05) is 11.6 Å². The van der Waals surface area contributed by atoms with Crippen molar-refractivity contribution in [1.29, 1.82) is 0 Å². The zero-order valence-electron chi connectivity index (χ0n) is 6.49. The van der Waals surface area contributed by atoms with E-state index < -0.39 is 0 Å². The van der Waals surface area contributed by atoms with Gasteiger partial charge in [-0.3, -0.25) is 0 Å². The van der Waals surface area contributed by atoms with E-state index in [2.05, 4.69) is 10.1 Å². The lowest BCUT2D eigenvalue weighted by atomic mass is 9.83. The molecule has 0 aromatic carbocycles. The van der Waals surface area contributed by atoms with E-state index in [-0.39, 0.29) is 0 Å². The minimum Gasteiger partial charge on any atom is -0.359 e. The van der Waals surface area contributed by atoms with Gasteiger partial charge in [-0.05, 0) is 12.8 Å². The van der Waals surface area contributed by atoms with E-state index in [1.54, 1.807) is 0 Å². The standard InChI is InChI=1S/C8H8N2O2/c11-5-9-7-4-10-12-8(7)6-2-1-3-6/h4,6H,1-3H2. The van der Waals surface area contributed by atoms with Crippen LogP contribution in [-0.2, 0) is 4.79 Å². The first kappa shape index (κ1) is 7.25. The SMILES string of the molecule is O=C=Nc1cnoc1C1CCC1. The molecule has 1 saturated carbocycles. The summed E-state index contributed by atoms with van der Waals surface area (Å²) in [6.07, 6.45) is 6.38. The number of hydrogen-bond acceptors (Lipinski definition) is 4. The number of isocyanates is 1. The Morgan fingerprint density at radius 3 is 3.08 bits per heavy atom. The van der Waals surface area contributed by atoms with Crippen LogP contribution in [0.3, 0.4) is 0 Å². The van der Waals surface area contributed by atoms with Crippen LogP contribution < -0.4 is 0 Å². The second-order valence-corrected chi connectivity index (χ2v) is 2.91. The summed E-state index contributed by atoms with van der Waals surface area (Å²) >= 11 is 0. The molecule has 0 bridgehead atoms. The highest BCUT2D eigenvalue weighted by molar-refractivity contribution is 5.50. The van der Waals surface area contributed by atoms with Crippen LogP contribution in [0, 0.1) is 0 Å². The zero-order chi connectivity index (χ0) is 8.39. The molecule has 1 heterocycles. The van der Waals surface area contributed by atoms with Crippen LogP contribution in [0.25, 0.3) is 0 Å². The van der Waals surface area contributed by atoms with Gasteiger partial charge in [-0.2, -0.15) is 4.99 Å². The fourth-order valence-corrected chi connectivity index (χ4v) is 1.33. The molecule has 4 heteroatoms. The lowest BCUT2D eigenvalue weighted by molar-refractivity contribution is 0.301. The first-order chi connectivity index (χ1) is 5.92. The van der Waals surface area contributed by atoms with E-state index in [9.17, 15) is 4.79 Å². The molecule has 0 amide bonds. The predicted octanol–water partition coefficient (Wildman–Crippen LogP) is 1.91. The van der Waals surface area contributed by atoms with Gasteiger partial charge in [0, 0.05) is 5.92 Å².